The first-order chi connectivity index (χ1) is 9.50. The van der Waals surface area contributed by atoms with Crippen molar-refractivity contribution in [1.82, 2.24) is 0 Å². The van der Waals surface area contributed by atoms with Crippen LogP contribution in [0.2, 0.25) is 4.34 Å². The number of nitrogens with two attached hydrogens (primary N) is 1. The molecule has 0 saturated heterocycles. The number of rotatable bonds is 2. The second-order valence-corrected chi connectivity index (χ2v) is 9.30. The van der Waals surface area contributed by atoms with E-state index < -0.39 is 10.0 Å². The Hall–Kier alpha value is -0.760. The van der Waals surface area contributed by atoms with Gasteiger partial charge >= 0.3 is 0 Å². The fourth-order valence-corrected chi connectivity index (χ4v) is 6.44. The smallest absolute Gasteiger partial charge is 0.273 e. The molecule has 0 unspecified atom stereocenters. The number of anilines is 2. The van der Waals surface area contributed by atoms with Crippen molar-refractivity contribution in [2.45, 2.75) is 23.5 Å². The van der Waals surface area contributed by atoms with E-state index in [0.717, 1.165) is 41.2 Å². The minimum atomic E-state index is -3.58. The van der Waals surface area contributed by atoms with Crippen LogP contribution in [0.4, 0.5) is 11.4 Å². The van der Waals surface area contributed by atoms with Crippen molar-refractivity contribution < 1.29 is 8.42 Å². The first-order valence-electron chi connectivity index (χ1n) is 6.14. The molecule has 0 bridgehead atoms. The summed E-state index contributed by atoms with van der Waals surface area (Å²) in [5.41, 5.74) is 6.79. The Morgan fingerprint density at radius 3 is 2.85 bits per heavy atom. The highest BCUT2D eigenvalue weighted by Gasteiger charge is 2.30. The molecule has 0 amide bonds. The van der Waals surface area contributed by atoms with Crippen LogP contribution in [0, 0.1) is 0 Å². The van der Waals surface area contributed by atoms with Crippen LogP contribution in [0.1, 0.15) is 17.7 Å². The molecule has 0 saturated carbocycles. The quantitative estimate of drug-likeness (QED) is 0.902. The monoisotopic (exact) mass is 348 g/mol. The Balaban J connectivity index is 2.08. The molecule has 3 heterocycles. The number of nitrogen functional groups attached to an aromatic ring is 1. The van der Waals surface area contributed by atoms with Gasteiger partial charge in [0.2, 0.25) is 0 Å². The average molecular weight is 349 g/mol. The molecule has 0 atom stereocenters. The minimum absolute atomic E-state index is 0.207. The Morgan fingerprint density at radius 2 is 2.15 bits per heavy atom. The zero-order valence-corrected chi connectivity index (χ0v) is 13.7. The molecule has 2 N–H and O–H groups in total. The van der Waals surface area contributed by atoms with E-state index in [-0.39, 0.29) is 4.21 Å². The van der Waals surface area contributed by atoms with Crippen LogP contribution < -0.4 is 10.0 Å². The average Bonchev–Trinajstić information content (AvgIpc) is 2.92. The van der Waals surface area contributed by atoms with Crippen LogP contribution in [-0.2, 0) is 16.4 Å². The van der Waals surface area contributed by atoms with Crippen LogP contribution in [0.5, 0.6) is 0 Å². The predicted octanol–water partition coefficient (Wildman–Crippen LogP) is 3.58. The molecular weight excluding hydrogens is 336 g/mol. The van der Waals surface area contributed by atoms with Gasteiger partial charge in [0, 0.05) is 11.4 Å². The fourth-order valence-electron chi connectivity index (χ4n) is 2.25. The van der Waals surface area contributed by atoms with Crippen molar-refractivity contribution in [2.24, 2.45) is 0 Å². The molecule has 108 valence electrons. The molecule has 1 aliphatic rings. The SMILES string of the molecule is Nc1cc(S(=O)(=O)N2CCCCc3sccc32)sc1Cl. The highest BCUT2D eigenvalue weighted by molar-refractivity contribution is 7.94. The lowest BCUT2D eigenvalue weighted by Gasteiger charge is -2.21. The number of thiophene rings is 2. The van der Waals surface area contributed by atoms with Gasteiger partial charge in [-0.05, 0) is 36.8 Å². The van der Waals surface area contributed by atoms with Crippen LogP contribution in [-0.4, -0.2) is 15.0 Å². The third-order valence-corrected chi connectivity index (χ3v) is 7.86. The second kappa shape index (κ2) is 5.22. The highest BCUT2D eigenvalue weighted by atomic mass is 35.5. The third-order valence-electron chi connectivity index (χ3n) is 3.24. The molecule has 0 radical (unpaired) electrons. The summed E-state index contributed by atoms with van der Waals surface area (Å²) >= 11 is 8.52. The summed E-state index contributed by atoms with van der Waals surface area (Å²) in [4.78, 5) is 1.13. The molecule has 20 heavy (non-hydrogen) atoms. The Labute approximate surface area is 130 Å². The Morgan fingerprint density at radius 1 is 1.35 bits per heavy atom. The van der Waals surface area contributed by atoms with Crippen molar-refractivity contribution in [3.63, 3.8) is 0 Å². The maximum absolute atomic E-state index is 12.8. The van der Waals surface area contributed by atoms with E-state index in [2.05, 4.69) is 0 Å². The lowest BCUT2D eigenvalue weighted by molar-refractivity contribution is 0.591. The predicted molar refractivity (Wildman–Crippen MR) is 85.5 cm³/mol. The Bertz CT molecular complexity index is 716. The maximum atomic E-state index is 12.8. The molecule has 4 nitrogen and oxygen atoms in total. The Kier molecular flexibility index (Phi) is 3.70. The molecule has 8 heteroatoms. The van der Waals surface area contributed by atoms with Gasteiger partial charge in [0.1, 0.15) is 8.55 Å². The number of nitrogens with zero attached hydrogens (tertiary/aromatic N) is 1. The molecule has 0 aromatic carbocycles. The van der Waals surface area contributed by atoms with Crippen LogP contribution in [0.15, 0.2) is 21.7 Å². The number of fused-ring (bicyclic) bond motifs is 1. The van der Waals surface area contributed by atoms with Gasteiger partial charge in [0.15, 0.2) is 0 Å². The summed E-state index contributed by atoms with van der Waals surface area (Å²) in [6.45, 7) is 0.501. The summed E-state index contributed by atoms with van der Waals surface area (Å²) in [6, 6.07) is 3.32. The van der Waals surface area contributed by atoms with Crippen LogP contribution in [0.25, 0.3) is 0 Å². The van der Waals surface area contributed by atoms with Gasteiger partial charge in [-0.2, -0.15) is 0 Å². The van der Waals surface area contributed by atoms with Crippen molar-refractivity contribution in [2.75, 3.05) is 16.6 Å². The summed E-state index contributed by atoms with van der Waals surface area (Å²) in [5.74, 6) is 0. The normalized spacial score (nSPS) is 15.9. The summed E-state index contributed by atoms with van der Waals surface area (Å²) in [7, 11) is -3.58. The van der Waals surface area contributed by atoms with Gasteiger partial charge in [0.25, 0.3) is 10.0 Å². The second-order valence-electron chi connectivity index (χ2n) is 4.56. The van der Waals surface area contributed by atoms with E-state index in [1.807, 2.05) is 11.4 Å². The standard InChI is InChI=1S/C12H13ClN2O2S3/c13-12-8(14)7-11(19-12)20(16,17)15-5-2-1-3-10-9(15)4-6-18-10/h4,6-7H,1-3,5,14H2. The molecular formula is C12H13ClN2O2S3. The first-order valence-corrected chi connectivity index (χ1v) is 9.65. The van der Waals surface area contributed by atoms with E-state index in [9.17, 15) is 8.42 Å². The van der Waals surface area contributed by atoms with Gasteiger partial charge in [-0.15, -0.1) is 22.7 Å². The zero-order chi connectivity index (χ0) is 14.3. The van der Waals surface area contributed by atoms with Crippen LogP contribution >= 0.6 is 34.3 Å². The number of hydrogen-bond acceptors (Lipinski definition) is 5. The molecule has 0 fully saturated rings. The first kappa shape index (κ1) is 14.2. The number of halogens is 1. The number of aryl methyl sites for hydroxylation is 1. The van der Waals surface area contributed by atoms with Crippen molar-refractivity contribution in [1.29, 1.82) is 0 Å². The lowest BCUT2D eigenvalue weighted by atomic mass is 10.2. The third kappa shape index (κ3) is 2.32. The van der Waals surface area contributed by atoms with Gasteiger partial charge in [-0.1, -0.05) is 11.6 Å². The van der Waals surface area contributed by atoms with Crippen molar-refractivity contribution in [3.8, 4) is 0 Å². The zero-order valence-electron chi connectivity index (χ0n) is 10.5. The topological polar surface area (TPSA) is 63.4 Å². The highest BCUT2D eigenvalue weighted by Crippen LogP contribution is 2.39. The van der Waals surface area contributed by atoms with E-state index >= 15 is 0 Å². The van der Waals surface area contributed by atoms with Gasteiger partial charge < -0.3 is 5.73 Å². The summed E-state index contributed by atoms with van der Waals surface area (Å²) in [5, 5.41) is 1.94. The number of hydrogen-bond donors (Lipinski definition) is 1. The minimum Gasteiger partial charge on any atom is -0.397 e. The van der Waals surface area contributed by atoms with E-state index in [0.29, 0.717) is 16.6 Å². The van der Waals surface area contributed by atoms with Crippen molar-refractivity contribution >= 4 is 55.7 Å². The van der Waals surface area contributed by atoms with Crippen molar-refractivity contribution in [3.05, 3.63) is 26.7 Å². The fraction of sp³-hybridized carbons (Fsp3) is 0.333. The van der Waals surface area contributed by atoms with Gasteiger partial charge in [-0.25, -0.2) is 8.42 Å². The lowest BCUT2D eigenvalue weighted by Crippen LogP contribution is -2.30. The largest absolute Gasteiger partial charge is 0.397 e. The van der Waals surface area contributed by atoms with E-state index in [4.69, 9.17) is 17.3 Å². The summed E-state index contributed by atoms with van der Waals surface area (Å²) in [6.07, 6.45) is 2.80. The van der Waals surface area contributed by atoms with Gasteiger partial charge in [0.05, 0.1) is 11.4 Å². The molecule has 1 aliphatic heterocycles. The number of sulfonamides is 1. The molecule has 2 aromatic heterocycles. The van der Waals surface area contributed by atoms with E-state index in [1.165, 1.54) is 10.4 Å². The molecule has 0 aliphatic carbocycles. The van der Waals surface area contributed by atoms with Gasteiger partial charge in [-0.3, -0.25) is 4.31 Å². The molecule has 0 spiro atoms. The summed E-state index contributed by atoms with van der Waals surface area (Å²) < 4.78 is 27.6. The molecule has 3 rings (SSSR count). The van der Waals surface area contributed by atoms with Crippen LogP contribution in [0.3, 0.4) is 0 Å². The molecule has 2 aromatic rings. The van der Waals surface area contributed by atoms with E-state index in [1.54, 1.807) is 11.3 Å². The maximum Gasteiger partial charge on any atom is 0.273 e.